The second-order valence-corrected chi connectivity index (χ2v) is 8.34. The van der Waals surface area contributed by atoms with Gasteiger partial charge in [-0.2, -0.15) is 0 Å². The Kier molecular flexibility index (Phi) is 6.89. The molecule has 0 saturated heterocycles. The predicted molar refractivity (Wildman–Crippen MR) is 117 cm³/mol. The molecular formula is C21H17Cl3N2O5. The average molecular weight is 484 g/mol. The van der Waals surface area contributed by atoms with Crippen molar-refractivity contribution in [1.82, 2.24) is 4.90 Å². The third-order valence-corrected chi connectivity index (χ3v) is 5.64. The van der Waals surface area contributed by atoms with E-state index in [1.54, 1.807) is 26.0 Å². The summed E-state index contributed by atoms with van der Waals surface area (Å²) in [6, 6.07) is 7.85. The summed E-state index contributed by atoms with van der Waals surface area (Å²) in [5, 5.41) is 3.02. The van der Waals surface area contributed by atoms with Crippen LogP contribution in [0.15, 0.2) is 36.4 Å². The molecule has 162 valence electrons. The first-order chi connectivity index (χ1) is 14.6. The number of amides is 3. The molecule has 0 unspecified atom stereocenters. The summed E-state index contributed by atoms with van der Waals surface area (Å²) in [4.78, 5) is 51.2. The van der Waals surface area contributed by atoms with Crippen molar-refractivity contribution in [3.63, 3.8) is 0 Å². The summed E-state index contributed by atoms with van der Waals surface area (Å²) < 4.78 is 5.10. The van der Waals surface area contributed by atoms with Crippen LogP contribution in [0.3, 0.4) is 0 Å². The smallest absolute Gasteiger partial charge is 0.330 e. The molecule has 1 aliphatic rings. The number of nitrogens with zero attached hydrogens (tertiary/aromatic N) is 1. The van der Waals surface area contributed by atoms with E-state index in [2.05, 4.69) is 5.32 Å². The molecule has 0 bridgehead atoms. The Labute approximate surface area is 193 Å². The molecule has 3 rings (SSSR count). The van der Waals surface area contributed by atoms with Crippen LogP contribution in [-0.2, 0) is 14.3 Å². The van der Waals surface area contributed by atoms with Crippen molar-refractivity contribution >= 4 is 64.2 Å². The highest BCUT2D eigenvalue weighted by Crippen LogP contribution is 2.32. The summed E-state index contributed by atoms with van der Waals surface area (Å²) in [6.07, 6.45) is 0. The van der Waals surface area contributed by atoms with Crippen LogP contribution in [0.4, 0.5) is 5.69 Å². The molecule has 0 aromatic heterocycles. The van der Waals surface area contributed by atoms with Gasteiger partial charge in [0.1, 0.15) is 6.04 Å². The quantitative estimate of drug-likeness (QED) is 0.372. The minimum Gasteiger partial charge on any atom is -0.454 e. The summed E-state index contributed by atoms with van der Waals surface area (Å²) in [6.45, 7) is 2.69. The number of ether oxygens (including phenoxy) is 1. The number of imide groups is 1. The van der Waals surface area contributed by atoms with Gasteiger partial charge in [0.2, 0.25) is 0 Å². The Balaban J connectivity index is 1.70. The SMILES string of the molecule is CC(C)[C@@H](C(=O)OCC(=O)Nc1cc(Cl)c(Cl)cc1Cl)N1C(=O)c2ccccc2C1=O. The lowest BCUT2D eigenvalue weighted by atomic mass is 10.0. The molecule has 3 amide bonds. The van der Waals surface area contributed by atoms with Crippen molar-refractivity contribution in [3.05, 3.63) is 62.6 Å². The lowest BCUT2D eigenvalue weighted by Gasteiger charge is -2.27. The first-order valence-electron chi connectivity index (χ1n) is 9.19. The summed E-state index contributed by atoms with van der Waals surface area (Å²) in [7, 11) is 0. The van der Waals surface area contributed by atoms with Crippen LogP contribution in [0.5, 0.6) is 0 Å². The molecule has 10 heteroatoms. The molecular weight excluding hydrogens is 467 g/mol. The molecule has 0 radical (unpaired) electrons. The van der Waals surface area contributed by atoms with Gasteiger partial charge in [-0.05, 0) is 30.2 Å². The minimum atomic E-state index is -1.19. The van der Waals surface area contributed by atoms with Crippen LogP contribution in [0, 0.1) is 5.92 Å². The van der Waals surface area contributed by atoms with Crippen LogP contribution in [0.25, 0.3) is 0 Å². The third kappa shape index (κ3) is 4.69. The average Bonchev–Trinajstić information content (AvgIpc) is 2.96. The van der Waals surface area contributed by atoms with E-state index in [1.807, 2.05) is 0 Å². The van der Waals surface area contributed by atoms with Gasteiger partial charge in [-0.25, -0.2) is 4.79 Å². The number of benzene rings is 2. The third-order valence-electron chi connectivity index (χ3n) is 4.61. The highest BCUT2D eigenvalue weighted by atomic mass is 35.5. The van der Waals surface area contributed by atoms with Crippen molar-refractivity contribution in [2.24, 2.45) is 5.92 Å². The second-order valence-electron chi connectivity index (χ2n) is 7.12. The zero-order valence-corrected chi connectivity index (χ0v) is 18.7. The summed E-state index contributed by atoms with van der Waals surface area (Å²) in [5.41, 5.74) is 0.633. The Morgan fingerprint density at radius 2 is 1.52 bits per heavy atom. The fraction of sp³-hybridized carbons (Fsp3) is 0.238. The zero-order chi connectivity index (χ0) is 22.9. The van der Waals surface area contributed by atoms with Gasteiger partial charge in [0.05, 0.1) is 31.9 Å². The van der Waals surface area contributed by atoms with Crippen LogP contribution < -0.4 is 5.32 Å². The van der Waals surface area contributed by atoms with Gasteiger partial charge in [0, 0.05) is 0 Å². The highest BCUT2D eigenvalue weighted by molar-refractivity contribution is 6.44. The molecule has 1 heterocycles. The fourth-order valence-corrected chi connectivity index (χ4v) is 3.76. The molecule has 0 saturated carbocycles. The van der Waals surface area contributed by atoms with E-state index in [-0.39, 0.29) is 31.9 Å². The molecule has 31 heavy (non-hydrogen) atoms. The number of carbonyl (C=O) groups is 4. The zero-order valence-electron chi connectivity index (χ0n) is 16.4. The van der Waals surface area contributed by atoms with Gasteiger partial charge in [-0.3, -0.25) is 19.3 Å². The molecule has 2 aromatic carbocycles. The van der Waals surface area contributed by atoms with Crippen molar-refractivity contribution in [3.8, 4) is 0 Å². The molecule has 0 fully saturated rings. The van der Waals surface area contributed by atoms with E-state index in [1.165, 1.54) is 24.3 Å². The van der Waals surface area contributed by atoms with E-state index >= 15 is 0 Å². The number of nitrogens with one attached hydrogen (secondary N) is 1. The molecule has 1 atom stereocenters. The van der Waals surface area contributed by atoms with E-state index in [0.29, 0.717) is 0 Å². The highest BCUT2D eigenvalue weighted by Gasteiger charge is 2.44. The lowest BCUT2D eigenvalue weighted by molar-refractivity contribution is -0.152. The van der Waals surface area contributed by atoms with Crippen molar-refractivity contribution < 1.29 is 23.9 Å². The van der Waals surface area contributed by atoms with Crippen LogP contribution >= 0.6 is 34.8 Å². The molecule has 0 aliphatic carbocycles. The number of halogens is 3. The Morgan fingerprint density at radius 1 is 0.968 bits per heavy atom. The molecule has 2 aromatic rings. The van der Waals surface area contributed by atoms with Gasteiger partial charge < -0.3 is 10.1 Å². The van der Waals surface area contributed by atoms with E-state index < -0.39 is 42.3 Å². The molecule has 0 spiro atoms. The van der Waals surface area contributed by atoms with E-state index in [4.69, 9.17) is 39.5 Å². The Hall–Kier alpha value is -2.61. The van der Waals surface area contributed by atoms with Gasteiger partial charge in [-0.1, -0.05) is 60.8 Å². The van der Waals surface area contributed by atoms with E-state index in [0.717, 1.165) is 4.90 Å². The predicted octanol–water partition coefficient (Wildman–Crippen LogP) is 4.45. The van der Waals surface area contributed by atoms with Crippen molar-refractivity contribution in [2.45, 2.75) is 19.9 Å². The first kappa shape index (κ1) is 23.1. The molecule has 7 nitrogen and oxygen atoms in total. The van der Waals surface area contributed by atoms with Crippen molar-refractivity contribution in [2.75, 3.05) is 11.9 Å². The number of anilines is 1. The minimum absolute atomic E-state index is 0.153. The van der Waals surface area contributed by atoms with Gasteiger partial charge in [-0.15, -0.1) is 0 Å². The molecule has 1 aliphatic heterocycles. The second kappa shape index (κ2) is 9.26. The largest absolute Gasteiger partial charge is 0.454 e. The number of carbonyl (C=O) groups excluding carboxylic acids is 4. The fourth-order valence-electron chi connectivity index (χ4n) is 3.16. The standard InChI is InChI=1S/C21H17Cl3N2O5/c1-10(2)18(26-19(28)11-5-3-4-6-12(11)20(26)29)21(30)31-9-17(27)25-16-8-14(23)13(22)7-15(16)24/h3-8,10,18H,9H2,1-2H3,(H,25,27)/t18-/m0/s1. The first-order valence-corrected chi connectivity index (χ1v) is 10.3. The van der Waals surface area contributed by atoms with Crippen LogP contribution in [0.1, 0.15) is 34.6 Å². The number of rotatable bonds is 6. The maximum Gasteiger partial charge on any atom is 0.330 e. The van der Waals surface area contributed by atoms with Crippen LogP contribution in [-0.4, -0.2) is 41.2 Å². The summed E-state index contributed by atoms with van der Waals surface area (Å²) >= 11 is 17.8. The Morgan fingerprint density at radius 3 is 2.06 bits per heavy atom. The van der Waals surface area contributed by atoms with Gasteiger partial charge in [0.25, 0.3) is 17.7 Å². The normalized spacial score (nSPS) is 13.9. The number of esters is 1. The lowest BCUT2D eigenvalue weighted by Crippen LogP contribution is -2.49. The maximum atomic E-state index is 12.7. The van der Waals surface area contributed by atoms with Gasteiger partial charge in [0.15, 0.2) is 6.61 Å². The number of hydrogen-bond donors (Lipinski definition) is 1. The van der Waals surface area contributed by atoms with Gasteiger partial charge >= 0.3 is 5.97 Å². The number of hydrogen-bond acceptors (Lipinski definition) is 5. The van der Waals surface area contributed by atoms with Crippen molar-refractivity contribution in [1.29, 1.82) is 0 Å². The monoisotopic (exact) mass is 482 g/mol. The topological polar surface area (TPSA) is 92.8 Å². The number of fused-ring (bicyclic) bond motifs is 1. The van der Waals surface area contributed by atoms with E-state index in [9.17, 15) is 19.2 Å². The summed E-state index contributed by atoms with van der Waals surface area (Å²) in [5.74, 6) is -3.16. The maximum absolute atomic E-state index is 12.7. The molecule has 1 N–H and O–H groups in total. The van der Waals surface area contributed by atoms with Crippen LogP contribution in [0.2, 0.25) is 15.1 Å². The Bertz CT molecular complexity index is 1050.